The largest absolute Gasteiger partial charge is 0.325 e. The van der Waals surface area contributed by atoms with Crippen LogP contribution in [0.15, 0.2) is 35.1 Å². The van der Waals surface area contributed by atoms with E-state index in [0.29, 0.717) is 11.5 Å². The van der Waals surface area contributed by atoms with Gasteiger partial charge in [0.2, 0.25) is 0 Å². The van der Waals surface area contributed by atoms with E-state index in [-0.39, 0.29) is 12.1 Å². The molecule has 7 heteroatoms. The number of benzene rings is 1. The van der Waals surface area contributed by atoms with E-state index in [1.165, 1.54) is 11.6 Å². The molecule has 1 aliphatic heterocycles. The fourth-order valence-corrected chi connectivity index (χ4v) is 3.34. The number of nitrogens with two attached hydrogens (primary N) is 1. The van der Waals surface area contributed by atoms with Crippen LogP contribution in [0.5, 0.6) is 0 Å². The minimum absolute atomic E-state index is 0.171. The molecule has 2 heterocycles. The lowest BCUT2D eigenvalue weighted by Gasteiger charge is -2.33. The number of hydrogen-bond donors (Lipinski definition) is 2. The molecule has 1 saturated heterocycles. The molecule has 1 aromatic heterocycles. The van der Waals surface area contributed by atoms with Gasteiger partial charge in [0, 0.05) is 64.0 Å². The van der Waals surface area contributed by atoms with Crippen LogP contribution in [-0.2, 0) is 13.1 Å². The van der Waals surface area contributed by atoms with Crippen molar-refractivity contribution in [3.05, 3.63) is 51.9 Å². The molecule has 146 valence electrons. The molecule has 3 rings (SSSR count). The number of hydrogen-bond acceptors (Lipinski definition) is 6. The first-order valence-corrected chi connectivity index (χ1v) is 9.52. The van der Waals surface area contributed by atoms with Gasteiger partial charge in [-0.1, -0.05) is 18.2 Å². The monoisotopic (exact) mass is 370 g/mol. The summed E-state index contributed by atoms with van der Waals surface area (Å²) in [6, 6.07) is 9.62. The van der Waals surface area contributed by atoms with E-state index in [9.17, 15) is 4.79 Å². The predicted molar refractivity (Wildman–Crippen MR) is 108 cm³/mol. The van der Waals surface area contributed by atoms with Crippen molar-refractivity contribution in [2.24, 2.45) is 5.73 Å². The maximum Gasteiger partial charge on any atom is 0.251 e. The Morgan fingerprint density at radius 2 is 2.00 bits per heavy atom. The van der Waals surface area contributed by atoms with Gasteiger partial charge in [-0.2, -0.15) is 0 Å². The highest BCUT2D eigenvalue weighted by molar-refractivity contribution is 5.56. The molecule has 3 N–H and O–H groups in total. The molecule has 2 aromatic rings. The summed E-state index contributed by atoms with van der Waals surface area (Å²) >= 11 is 0. The lowest BCUT2D eigenvalue weighted by Crippen LogP contribution is -2.46. The van der Waals surface area contributed by atoms with Gasteiger partial charge in [-0.15, -0.1) is 0 Å². The third kappa shape index (κ3) is 5.71. The van der Waals surface area contributed by atoms with Gasteiger partial charge in [-0.25, -0.2) is 4.98 Å². The van der Waals surface area contributed by atoms with Crippen LogP contribution >= 0.6 is 0 Å². The Kier molecular flexibility index (Phi) is 6.73. The fourth-order valence-electron chi connectivity index (χ4n) is 3.34. The van der Waals surface area contributed by atoms with E-state index in [1.807, 2.05) is 12.1 Å². The molecule has 0 bridgehead atoms. The second-order valence-corrected chi connectivity index (χ2v) is 7.37. The molecule has 7 nitrogen and oxygen atoms in total. The van der Waals surface area contributed by atoms with Crippen LogP contribution in [0.1, 0.15) is 11.3 Å². The molecule has 1 aliphatic rings. The molecule has 0 saturated carbocycles. The zero-order valence-corrected chi connectivity index (χ0v) is 16.3. The number of nitrogens with one attached hydrogen (secondary N) is 1. The number of aromatic amines is 1. The number of piperazine rings is 1. The molecule has 0 spiro atoms. The number of likely N-dealkylation sites (N-methyl/N-ethyl adjacent to an activating group) is 2. The van der Waals surface area contributed by atoms with Gasteiger partial charge in [0.05, 0.1) is 5.69 Å². The molecule has 1 fully saturated rings. The Hall–Kier alpha value is -2.06. The number of rotatable bonds is 7. The van der Waals surface area contributed by atoms with E-state index in [0.717, 1.165) is 51.4 Å². The van der Waals surface area contributed by atoms with Crippen molar-refractivity contribution >= 4 is 0 Å². The van der Waals surface area contributed by atoms with Gasteiger partial charge in [-0.3, -0.25) is 9.69 Å². The smallest absolute Gasteiger partial charge is 0.251 e. The average molecular weight is 371 g/mol. The van der Waals surface area contributed by atoms with Crippen LogP contribution in [0.2, 0.25) is 0 Å². The van der Waals surface area contributed by atoms with Gasteiger partial charge in [0.1, 0.15) is 5.82 Å². The molecule has 0 radical (unpaired) electrons. The van der Waals surface area contributed by atoms with E-state index in [4.69, 9.17) is 5.73 Å². The summed E-state index contributed by atoms with van der Waals surface area (Å²) in [5, 5.41) is 0. The van der Waals surface area contributed by atoms with Crippen LogP contribution in [-0.4, -0.2) is 78.0 Å². The maximum atomic E-state index is 11.8. The summed E-state index contributed by atoms with van der Waals surface area (Å²) in [7, 11) is 4.33. The van der Waals surface area contributed by atoms with Crippen molar-refractivity contribution in [1.82, 2.24) is 24.7 Å². The summed E-state index contributed by atoms with van der Waals surface area (Å²) in [5.74, 6) is 0.574. The minimum atomic E-state index is -0.171. The summed E-state index contributed by atoms with van der Waals surface area (Å²) in [6.45, 7) is 7.85. The topological polar surface area (TPSA) is 81.5 Å². The quantitative estimate of drug-likeness (QED) is 0.742. The Bertz CT molecular complexity index is 797. The van der Waals surface area contributed by atoms with Crippen LogP contribution in [0.4, 0.5) is 0 Å². The molecule has 0 unspecified atom stereocenters. The van der Waals surface area contributed by atoms with Crippen molar-refractivity contribution in [3.8, 4) is 11.4 Å². The first-order chi connectivity index (χ1) is 13.0. The van der Waals surface area contributed by atoms with Gasteiger partial charge in [0.15, 0.2) is 0 Å². The molecule has 0 aliphatic carbocycles. The van der Waals surface area contributed by atoms with E-state index in [2.05, 4.69) is 50.9 Å². The third-order valence-electron chi connectivity index (χ3n) is 5.05. The first kappa shape index (κ1) is 19.7. The lowest BCUT2D eigenvalue weighted by molar-refractivity contribution is 0.139. The molecule has 27 heavy (non-hydrogen) atoms. The molecule has 0 atom stereocenters. The summed E-state index contributed by atoms with van der Waals surface area (Å²) in [6.07, 6.45) is 0. The molecular weight excluding hydrogens is 340 g/mol. The van der Waals surface area contributed by atoms with Gasteiger partial charge < -0.3 is 20.5 Å². The van der Waals surface area contributed by atoms with Crippen LogP contribution in [0.25, 0.3) is 11.4 Å². The Balaban J connectivity index is 1.60. The van der Waals surface area contributed by atoms with E-state index in [1.54, 1.807) is 0 Å². The number of H-pyrrole nitrogens is 1. The standard InChI is InChI=1S/C20H30N6O/c1-24-6-9-26(10-7-24)11-8-25(2)15-16-4-3-5-17(12-16)20-22-18(14-21)13-19(27)23-20/h3-5,12-13H,6-11,14-15,21H2,1-2H3,(H,22,23,27). The zero-order chi connectivity index (χ0) is 19.2. The van der Waals surface area contributed by atoms with Gasteiger partial charge >= 0.3 is 0 Å². The highest BCUT2D eigenvalue weighted by atomic mass is 16.1. The maximum absolute atomic E-state index is 11.8. The number of nitrogens with zero attached hydrogens (tertiary/aromatic N) is 4. The predicted octanol–water partition coefficient (Wildman–Crippen LogP) is 0.575. The van der Waals surface area contributed by atoms with Gasteiger partial charge in [-0.05, 0) is 25.7 Å². The Labute approximate surface area is 160 Å². The second-order valence-electron chi connectivity index (χ2n) is 7.37. The second kappa shape index (κ2) is 9.23. The van der Waals surface area contributed by atoms with Crippen molar-refractivity contribution in [3.63, 3.8) is 0 Å². The average Bonchev–Trinajstić information content (AvgIpc) is 2.67. The molecule has 1 aromatic carbocycles. The van der Waals surface area contributed by atoms with Crippen LogP contribution < -0.4 is 11.3 Å². The lowest BCUT2D eigenvalue weighted by atomic mass is 10.1. The molecule has 0 amide bonds. The first-order valence-electron chi connectivity index (χ1n) is 9.52. The number of aromatic nitrogens is 2. The normalized spacial score (nSPS) is 16.1. The Morgan fingerprint density at radius 1 is 1.22 bits per heavy atom. The highest BCUT2D eigenvalue weighted by Crippen LogP contribution is 2.16. The van der Waals surface area contributed by atoms with Crippen molar-refractivity contribution < 1.29 is 0 Å². The summed E-state index contributed by atoms with van der Waals surface area (Å²) in [5.41, 5.74) is 8.18. The third-order valence-corrected chi connectivity index (χ3v) is 5.05. The van der Waals surface area contributed by atoms with Gasteiger partial charge in [0.25, 0.3) is 5.56 Å². The van der Waals surface area contributed by atoms with Crippen molar-refractivity contribution in [2.45, 2.75) is 13.1 Å². The van der Waals surface area contributed by atoms with Crippen LogP contribution in [0.3, 0.4) is 0 Å². The Morgan fingerprint density at radius 3 is 2.74 bits per heavy atom. The van der Waals surface area contributed by atoms with Crippen LogP contribution in [0, 0.1) is 0 Å². The summed E-state index contributed by atoms with van der Waals surface area (Å²) < 4.78 is 0. The van der Waals surface area contributed by atoms with Crippen molar-refractivity contribution in [1.29, 1.82) is 0 Å². The summed E-state index contributed by atoms with van der Waals surface area (Å²) in [4.78, 5) is 26.3. The zero-order valence-electron chi connectivity index (χ0n) is 16.3. The minimum Gasteiger partial charge on any atom is -0.325 e. The highest BCUT2D eigenvalue weighted by Gasteiger charge is 2.14. The van der Waals surface area contributed by atoms with E-state index >= 15 is 0 Å². The van der Waals surface area contributed by atoms with Crippen molar-refractivity contribution in [2.75, 3.05) is 53.4 Å². The fraction of sp³-hybridized carbons (Fsp3) is 0.500. The SMILES string of the molecule is CN1CCN(CCN(C)Cc2cccc(-c3nc(CN)cc(=O)[nH]3)c2)CC1. The molecular formula is C20H30N6O. The van der Waals surface area contributed by atoms with E-state index < -0.39 is 0 Å².